The third kappa shape index (κ3) is 2.66. The molecule has 0 unspecified atom stereocenters. The molecular weight excluding hydrogens is 310 g/mol. The van der Waals surface area contributed by atoms with Gasteiger partial charge in [-0.3, -0.25) is 18.8 Å². The fourth-order valence-corrected chi connectivity index (χ4v) is 3.24. The number of piperidine rings is 1. The standard InChI is InChI=1S/C17H19N3O4/c1-10-5-7-20-14(8-10)18-9-13(16(20)22)15(21)19-6-3-4-12(11(19)2)17(23)24/h5,7-9,11-12H,3-4,6H2,1-2H3,(H,23,24)/t11-,12-/m1/s1. The van der Waals surface area contributed by atoms with Gasteiger partial charge in [0.2, 0.25) is 0 Å². The predicted octanol–water partition coefficient (Wildman–Crippen LogP) is 1.33. The number of fused-ring (bicyclic) bond motifs is 1. The molecular formula is C17H19N3O4. The topological polar surface area (TPSA) is 92.0 Å². The van der Waals surface area contributed by atoms with Gasteiger partial charge in [-0.2, -0.15) is 0 Å². The van der Waals surface area contributed by atoms with Crippen molar-refractivity contribution in [2.45, 2.75) is 32.7 Å². The molecule has 0 aromatic carbocycles. The second-order valence-electron chi connectivity index (χ2n) is 6.24. The molecule has 1 aliphatic heterocycles. The zero-order chi connectivity index (χ0) is 17.4. The Balaban J connectivity index is 1.99. The number of amides is 1. The Morgan fingerprint density at radius 2 is 2.12 bits per heavy atom. The van der Waals surface area contributed by atoms with Gasteiger partial charge in [0.1, 0.15) is 11.2 Å². The molecule has 126 valence electrons. The molecule has 24 heavy (non-hydrogen) atoms. The maximum absolute atomic E-state index is 12.8. The maximum Gasteiger partial charge on any atom is 0.308 e. The number of carboxylic acid groups (broad SMARTS) is 1. The van der Waals surface area contributed by atoms with E-state index < -0.39 is 29.4 Å². The summed E-state index contributed by atoms with van der Waals surface area (Å²) < 4.78 is 1.34. The van der Waals surface area contributed by atoms with Crippen LogP contribution >= 0.6 is 0 Å². The molecule has 0 aliphatic carbocycles. The second kappa shape index (κ2) is 6.07. The maximum atomic E-state index is 12.8. The van der Waals surface area contributed by atoms with E-state index in [4.69, 9.17) is 0 Å². The van der Waals surface area contributed by atoms with E-state index in [2.05, 4.69) is 4.98 Å². The van der Waals surface area contributed by atoms with Gasteiger partial charge in [-0.15, -0.1) is 0 Å². The van der Waals surface area contributed by atoms with E-state index in [1.807, 2.05) is 6.92 Å². The van der Waals surface area contributed by atoms with Gasteiger partial charge in [-0.25, -0.2) is 4.98 Å². The minimum Gasteiger partial charge on any atom is -0.481 e. The number of nitrogens with zero attached hydrogens (tertiary/aromatic N) is 3. The van der Waals surface area contributed by atoms with Crippen LogP contribution in [0.15, 0.2) is 29.3 Å². The number of carbonyl (C=O) groups excluding carboxylic acids is 1. The number of pyridine rings is 1. The van der Waals surface area contributed by atoms with Gasteiger partial charge < -0.3 is 10.0 Å². The molecule has 2 atom stereocenters. The minimum atomic E-state index is -0.913. The minimum absolute atomic E-state index is 0.0331. The molecule has 0 radical (unpaired) electrons. The van der Waals surface area contributed by atoms with Crippen molar-refractivity contribution in [1.82, 2.24) is 14.3 Å². The van der Waals surface area contributed by atoms with Crippen LogP contribution in [0.3, 0.4) is 0 Å². The fraction of sp³-hybridized carbons (Fsp3) is 0.412. The van der Waals surface area contributed by atoms with Crippen molar-refractivity contribution in [3.05, 3.63) is 46.0 Å². The summed E-state index contributed by atoms with van der Waals surface area (Å²) in [6.07, 6.45) is 4.02. The van der Waals surface area contributed by atoms with E-state index in [9.17, 15) is 19.5 Å². The van der Waals surface area contributed by atoms with Gasteiger partial charge in [0.15, 0.2) is 0 Å². The van der Waals surface area contributed by atoms with E-state index in [1.165, 1.54) is 15.5 Å². The summed E-state index contributed by atoms with van der Waals surface area (Å²) in [5, 5.41) is 9.28. The molecule has 0 saturated carbocycles. The lowest BCUT2D eigenvalue weighted by atomic mass is 9.90. The molecule has 7 nitrogen and oxygen atoms in total. The average molecular weight is 329 g/mol. The fourth-order valence-electron chi connectivity index (χ4n) is 3.24. The van der Waals surface area contributed by atoms with Crippen molar-refractivity contribution in [2.75, 3.05) is 6.54 Å². The highest BCUT2D eigenvalue weighted by atomic mass is 16.4. The number of carbonyl (C=O) groups is 2. The Morgan fingerprint density at radius 1 is 1.38 bits per heavy atom. The highest BCUT2D eigenvalue weighted by molar-refractivity contribution is 5.94. The molecule has 3 rings (SSSR count). The van der Waals surface area contributed by atoms with Crippen molar-refractivity contribution < 1.29 is 14.7 Å². The molecule has 1 N–H and O–H groups in total. The third-order valence-corrected chi connectivity index (χ3v) is 4.66. The van der Waals surface area contributed by atoms with E-state index in [-0.39, 0.29) is 5.56 Å². The van der Waals surface area contributed by atoms with Crippen molar-refractivity contribution in [3.8, 4) is 0 Å². The SMILES string of the molecule is Cc1ccn2c(=O)c(C(=O)N3CCC[C@@H](C(=O)O)[C@H]3C)cnc2c1. The predicted molar refractivity (Wildman–Crippen MR) is 87.1 cm³/mol. The number of aliphatic carboxylic acids is 1. The van der Waals surface area contributed by atoms with Crippen LogP contribution < -0.4 is 5.56 Å². The van der Waals surface area contributed by atoms with Gasteiger partial charge in [-0.05, 0) is 44.4 Å². The molecule has 1 fully saturated rings. The Labute approximate surface area is 138 Å². The van der Waals surface area contributed by atoms with Crippen LogP contribution in [-0.2, 0) is 4.79 Å². The molecule has 3 heterocycles. The molecule has 2 aromatic rings. The summed E-state index contributed by atoms with van der Waals surface area (Å²) in [4.78, 5) is 42.4. The molecule has 7 heteroatoms. The van der Waals surface area contributed by atoms with E-state index in [1.54, 1.807) is 25.3 Å². The van der Waals surface area contributed by atoms with Gasteiger partial charge in [0.05, 0.1) is 5.92 Å². The Morgan fingerprint density at radius 3 is 2.83 bits per heavy atom. The zero-order valence-electron chi connectivity index (χ0n) is 13.6. The molecule has 1 amide bonds. The first kappa shape index (κ1) is 16.2. The molecule has 2 aromatic heterocycles. The number of aryl methyl sites for hydroxylation is 1. The molecule has 0 spiro atoms. The van der Waals surface area contributed by atoms with Crippen LogP contribution in [0.25, 0.3) is 5.65 Å². The van der Waals surface area contributed by atoms with Crippen molar-refractivity contribution in [2.24, 2.45) is 5.92 Å². The van der Waals surface area contributed by atoms with Crippen LogP contribution in [0.2, 0.25) is 0 Å². The first-order chi connectivity index (χ1) is 11.4. The summed E-state index contributed by atoms with van der Waals surface area (Å²) in [5.41, 5.74) is 0.977. The van der Waals surface area contributed by atoms with Crippen molar-refractivity contribution in [1.29, 1.82) is 0 Å². The highest BCUT2D eigenvalue weighted by Gasteiger charge is 2.36. The number of likely N-dealkylation sites (tertiary alicyclic amines) is 1. The molecule has 1 saturated heterocycles. The van der Waals surface area contributed by atoms with Gasteiger partial charge in [-0.1, -0.05) is 0 Å². The summed E-state index contributed by atoms with van der Waals surface area (Å²) in [7, 11) is 0. The average Bonchev–Trinajstić information content (AvgIpc) is 2.54. The lowest BCUT2D eigenvalue weighted by Gasteiger charge is -2.37. The first-order valence-corrected chi connectivity index (χ1v) is 7.92. The summed E-state index contributed by atoms with van der Waals surface area (Å²) >= 11 is 0. The van der Waals surface area contributed by atoms with Gasteiger partial charge in [0, 0.05) is 25.0 Å². The van der Waals surface area contributed by atoms with Crippen molar-refractivity contribution >= 4 is 17.5 Å². The van der Waals surface area contributed by atoms with Crippen LogP contribution in [0.4, 0.5) is 0 Å². The smallest absolute Gasteiger partial charge is 0.308 e. The lowest BCUT2D eigenvalue weighted by Crippen LogP contribution is -2.50. The van der Waals surface area contributed by atoms with E-state index >= 15 is 0 Å². The summed E-state index contributed by atoms with van der Waals surface area (Å²) in [6, 6.07) is 3.08. The largest absolute Gasteiger partial charge is 0.481 e. The summed E-state index contributed by atoms with van der Waals surface area (Å²) in [6.45, 7) is 4.05. The number of aromatic nitrogens is 2. The quantitative estimate of drug-likeness (QED) is 0.897. The number of hydrogen-bond acceptors (Lipinski definition) is 4. The van der Waals surface area contributed by atoms with Crippen LogP contribution in [0.5, 0.6) is 0 Å². The van der Waals surface area contributed by atoms with Crippen LogP contribution in [0, 0.1) is 12.8 Å². The summed E-state index contributed by atoms with van der Waals surface area (Å²) in [5.74, 6) is -1.98. The highest BCUT2D eigenvalue weighted by Crippen LogP contribution is 2.24. The Kier molecular flexibility index (Phi) is 4.09. The number of hydrogen-bond donors (Lipinski definition) is 1. The normalized spacial score (nSPS) is 21.0. The Hall–Kier alpha value is -2.70. The molecule has 1 aliphatic rings. The third-order valence-electron chi connectivity index (χ3n) is 4.66. The number of rotatable bonds is 2. The van der Waals surface area contributed by atoms with E-state index in [0.29, 0.717) is 25.0 Å². The van der Waals surface area contributed by atoms with Crippen LogP contribution in [0.1, 0.15) is 35.7 Å². The Bertz CT molecular complexity index is 874. The molecule has 0 bridgehead atoms. The van der Waals surface area contributed by atoms with Crippen LogP contribution in [-0.4, -0.2) is 43.9 Å². The second-order valence-corrected chi connectivity index (χ2v) is 6.24. The number of carboxylic acids is 1. The van der Waals surface area contributed by atoms with Crippen molar-refractivity contribution in [3.63, 3.8) is 0 Å². The lowest BCUT2D eigenvalue weighted by molar-refractivity contribution is -0.144. The van der Waals surface area contributed by atoms with E-state index in [0.717, 1.165) is 5.56 Å². The van der Waals surface area contributed by atoms with Gasteiger partial charge in [0.25, 0.3) is 11.5 Å². The first-order valence-electron chi connectivity index (χ1n) is 7.92. The monoisotopic (exact) mass is 329 g/mol. The van der Waals surface area contributed by atoms with Gasteiger partial charge >= 0.3 is 5.97 Å². The zero-order valence-corrected chi connectivity index (χ0v) is 13.6.